The fourth-order valence-electron chi connectivity index (χ4n) is 3.11. The van der Waals surface area contributed by atoms with Gasteiger partial charge in [0, 0.05) is 31.4 Å². The highest BCUT2D eigenvalue weighted by Crippen LogP contribution is 2.31. The lowest BCUT2D eigenvalue weighted by Crippen LogP contribution is -2.53. The number of nitrogens with zero attached hydrogens (tertiary/aromatic N) is 2. The van der Waals surface area contributed by atoms with Crippen molar-refractivity contribution in [3.8, 4) is 0 Å². The fourth-order valence-corrected chi connectivity index (χ4v) is 3.11. The first kappa shape index (κ1) is 16.4. The van der Waals surface area contributed by atoms with E-state index in [0.717, 1.165) is 0 Å². The summed E-state index contributed by atoms with van der Waals surface area (Å²) in [5.74, 6) is -4.36. The summed E-state index contributed by atoms with van der Waals surface area (Å²) < 4.78 is 44.8. The smallest absolute Gasteiger partial charge is 0.410 e. The zero-order valence-corrected chi connectivity index (χ0v) is 12.9. The van der Waals surface area contributed by atoms with Crippen molar-refractivity contribution in [1.82, 2.24) is 9.80 Å². The maximum atomic E-state index is 13.2. The molecule has 0 aliphatic carbocycles. The minimum Gasteiger partial charge on any atom is -0.439 e. The molecule has 0 radical (unpaired) electrons. The minimum absolute atomic E-state index is 0.182. The van der Waals surface area contributed by atoms with Crippen LogP contribution < -0.4 is 5.32 Å². The lowest BCUT2D eigenvalue weighted by atomic mass is 9.93. The number of hydrogen-bond donors (Lipinski definition) is 1. The third-order valence-electron chi connectivity index (χ3n) is 4.20. The van der Waals surface area contributed by atoms with Crippen LogP contribution in [0, 0.1) is 17.5 Å². The molecule has 1 aromatic carbocycles. The number of benzene rings is 1. The quantitative estimate of drug-likeness (QED) is 0.797. The standard InChI is InChI=1S/C15H16F3N3O3/c1-20-7-15(24-14(20)23)3-2-4-21(8-15)13(22)19-9-5-10(16)12(18)11(17)6-9/h5-6H,2-4,7-8H2,1H3,(H,19,22)/t15-/m0/s1. The Hall–Kier alpha value is -2.45. The molecule has 0 saturated carbocycles. The van der Waals surface area contributed by atoms with Gasteiger partial charge in [-0.15, -0.1) is 0 Å². The lowest BCUT2D eigenvalue weighted by Gasteiger charge is -2.38. The van der Waals surface area contributed by atoms with Gasteiger partial charge in [0.05, 0.1) is 13.1 Å². The van der Waals surface area contributed by atoms with E-state index in [1.54, 1.807) is 7.05 Å². The Morgan fingerprint density at radius 2 is 1.92 bits per heavy atom. The zero-order valence-electron chi connectivity index (χ0n) is 12.9. The predicted octanol–water partition coefficient (Wildman–Crippen LogP) is 2.55. The van der Waals surface area contributed by atoms with Crippen LogP contribution in [0.25, 0.3) is 0 Å². The largest absolute Gasteiger partial charge is 0.439 e. The number of hydrogen-bond acceptors (Lipinski definition) is 3. The van der Waals surface area contributed by atoms with Crippen LogP contribution in [-0.2, 0) is 4.74 Å². The normalized spacial score (nSPS) is 23.6. The molecule has 9 heteroatoms. The first-order chi connectivity index (χ1) is 11.3. The Morgan fingerprint density at radius 1 is 1.25 bits per heavy atom. The Labute approximate surface area is 136 Å². The van der Waals surface area contributed by atoms with Crippen molar-refractivity contribution in [2.75, 3.05) is 32.0 Å². The number of piperidine rings is 1. The number of halogens is 3. The summed E-state index contributed by atoms with van der Waals surface area (Å²) >= 11 is 0. The van der Waals surface area contributed by atoms with Gasteiger partial charge >= 0.3 is 12.1 Å². The molecule has 3 rings (SSSR count). The van der Waals surface area contributed by atoms with Crippen molar-refractivity contribution in [1.29, 1.82) is 0 Å². The summed E-state index contributed by atoms with van der Waals surface area (Å²) in [5, 5.41) is 2.34. The second-order valence-electron chi connectivity index (χ2n) is 6.12. The molecule has 2 aliphatic heterocycles. The van der Waals surface area contributed by atoms with Crippen LogP contribution >= 0.6 is 0 Å². The van der Waals surface area contributed by atoms with Crippen molar-refractivity contribution in [3.05, 3.63) is 29.6 Å². The highest BCUT2D eigenvalue weighted by Gasteiger charge is 2.47. The molecular weight excluding hydrogens is 327 g/mol. The van der Waals surface area contributed by atoms with Gasteiger partial charge in [-0.25, -0.2) is 22.8 Å². The van der Waals surface area contributed by atoms with E-state index in [2.05, 4.69) is 5.32 Å². The third-order valence-corrected chi connectivity index (χ3v) is 4.20. The summed E-state index contributed by atoms with van der Waals surface area (Å²) in [6.07, 6.45) is 0.813. The van der Waals surface area contributed by atoms with E-state index in [9.17, 15) is 22.8 Å². The summed E-state index contributed by atoms with van der Waals surface area (Å²) in [6.45, 7) is 0.970. The van der Waals surface area contributed by atoms with Crippen molar-refractivity contribution in [2.45, 2.75) is 18.4 Å². The number of carbonyl (C=O) groups excluding carboxylic acids is 2. The molecule has 1 aromatic rings. The van der Waals surface area contributed by atoms with E-state index in [4.69, 9.17) is 4.74 Å². The van der Waals surface area contributed by atoms with E-state index in [1.165, 1.54) is 9.80 Å². The molecular formula is C15H16F3N3O3. The Balaban J connectivity index is 1.70. The minimum atomic E-state index is -1.59. The number of amides is 3. The molecule has 2 fully saturated rings. The summed E-state index contributed by atoms with van der Waals surface area (Å²) in [5.41, 5.74) is -0.947. The SMILES string of the molecule is CN1C[C@]2(CCCN(C(=O)Nc3cc(F)c(F)c(F)c3)C2)OC1=O. The zero-order chi connectivity index (χ0) is 17.5. The first-order valence-corrected chi connectivity index (χ1v) is 7.44. The first-order valence-electron chi connectivity index (χ1n) is 7.44. The predicted molar refractivity (Wildman–Crippen MR) is 78.0 cm³/mol. The summed E-state index contributed by atoms with van der Waals surface area (Å²) in [4.78, 5) is 26.7. The van der Waals surface area contributed by atoms with Crippen LogP contribution in [0.1, 0.15) is 12.8 Å². The number of likely N-dealkylation sites (tertiary alicyclic amines) is 1. The molecule has 0 unspecified atom stereocenters. The van der Waals surface area contributed by atoms with Gasteiger partial charge in [-0.2, -0.15) is 0 Å². The number of nitrogens with one attached hydrogen (secondary N) is 1. The molecule has 24 heavy (non-hydrogen) atoms. The molecule has 1 spiro atoms. The van der Waals surface area contributed by atoms with E-state index in [1.807, 2.05) is 0 Å². The maximum absolute atomic E-state index is 13.2. The molecule has 2 saturated heterocycles. The molecule has 0 aromatic heterocycles. The van der Waals surface area contributed by atoms with Gasteiger partial charge in [0.2, 0.25) is 0 Å². The van der Waals surface area contributed by atoms with Gasteiger partial charge in [0.1, 0.15) is 5.60 Å². The number of urea groups is 1. The lowest BCUT2D eigenvalue weighted by molar-refractivity contribution is 0.00497. The van der Waals surface area contributed by atoms with Gasteiger partial charge in [-0.05, 0) is 12.8 Å². The van der Waals surface area contributed by atoms with Crippen molar-refractivity contribution in [2.24, 2.45) is 0 Å². The van der Waals surface area contributed by atoms with E-state index in [-0.39, 0.29) is 12.2 Å². The van der Waals surface area contributed by atoms with E-state index < -0.39 is 35.2 Å². The van der Waals surface area contributed by atoms with Gasteiger partial charge in [0.15, 0.2) is 17.5 Å². The molecule has 130 valence electrons. The van der Waals surface area contributed by atoms with Crippen LogP contribution in [0.15, 0.2) is 12.1 Å². The Bertz CT molecular complexity index is 677. The van der Waals surface area contributed by atoms with Gasteiger partial charge in [-0.1, -0.05) is 0 Å². The number of likely N-dealkylation sites (N-methyl/N-ethyl adjacent to an activating group) is 1. The van der Waals surface area contributed by atoms with Gasteiger partial charge in [-0.3, -0.25) is 0 Å². The Kier molecular flexibility index (Phi) is 4.02. The highest BCUT2D eigenvalue weighted by molar-refractivity contribution is 5.89. The average molecular weight is 343 g/mol. The van der Waals surface area contributed by atoms with Gasteiger partial charge in [0.25, 0.3) is 0 Å². The topological polar surface area (TPSA) is 61.9 Å². The van der Waals surface area contributed by atoms with Crippen LogP contribution in [0.5, 0.6) is 0 Å². The molecule has 1 N–H and O–H groups in total. The van der Waals surface area contributed by atoms with E-state index in [0.29, 0.717) is 38.1 Å². The number of rotatable bonds is 1. The number of ether oxygens (including phenoxy) is 1. The van der Waals surface area contributed by atoms with Gasteiger partial charge < -0.3 is 19.9 Å². The monoisotopic (exact) mass is 343 g/mol. The second kappa shape index (κ2) is 5.88. The van der Waals surface area contributed by atoms with Crippen LogP contribution in [-0.4, -0.2) is 54.2 Å². The van der Waals surface area contributed by atoms with Crippen molar-refractivity contribution >= 4 is 17.8 Å². The number of carbonyl (C=O) groups is 2. The molecule has 0 bridgehead atoms. The molecule has 3 amide bonds. The fraction of sp³-hybridized carbons (Fsp3) is 0.467. The highest BCUT2D eigenvalue weighted by atomic mass is 19.2. The molecule has 2 heterocycles. The third kappa shape index (κ3) is 2.98. The number of anilines is 1. The summed E-state index contributed by atoms with van der Waals surface area (Å²) in [6, 6.07) is 0.823. The van der Waals surface area contributed by atoms with Crippen molar-refractivity contribution in [3.63, 3.8) is 0 Å². The molecule has 6 nitrogen and oxygen atoms in total. The van der Waals surface area contributed by atoms with Crippen LogP contribution in [0.3, 0.4) is 0 Å². The average Bonchev–Trinajstić information content (AvgIpc) is 2.78. The van der Waals surface area contributed by atoms with Crippen LogP contribution in [0.2, 0.25) is 0 Å². The second-order valence-corrected chi connectivity index (χ2v) is 6.12. The molecule has 2 aliphatic rings. The van der Waals surface area contributed by atoms with Crippen LogP contribution in [0.4, 0.5) is 28.4 Å². The summed E-state index contributed by atoms with van der Waals surface area (Å²) in [7, 11) is 1.61. The van der Waals surface area contributed by atoms with Crippen molar-refractivity contribution < 1.29 is 27.5 Å². The Morgan fingerprint density at radius 3 is 2.50 bits per heavy atom. The molecule has 1 atom stereocenters. The van der Waals surface area contributed by atoms with E-state index >= 15 is 0 Å². The maximum Gasteiger partial charge on any atom is 0.410 e.